The molecule has 1 aromatic heterocycles. The van der Waals surface area contributed by atoms with E-state index in [1.54, 1.807) is 0 Å². The van der Waals surface area contributed by atoms with Crippen molar-refractivity contribution in [1.29, 1.82) is 0 Å². The normalized spacial score (nSPS) is 11.6. The molecule has 0 radical (unpaired) electrons. The molecule has 9 heteroatoms. The molecule has 25 heavy (non-hydrogen) atoms. The zero-order chi connectivity index (χ0) is 18.0. The van der Waals surface area contributed by atoms with Gasteiger partial charge in [0.25, 0.3) is 5.91 Å². The van der Waals surface area contributed by atoms with Crippen molar-refractivity contribution in [2.24, 2.45) is 0 Å². The van der Waals surface area contributed by atoms with Gasteiger partial charge in [0.1, 0.15) is 0 Å². The van der Waals surface area contributed by atoms with Gasteiger partial charge in [-0.1, -0.05) is 23.5 Å². The second-order valence-electron chi connectivity index (χ2n) is 5.38. The maximum atomic E-state index is 12.2. The van der Waals surface area contributed by atoms with Gasteiger partial charge in [-0.3, -0.25) is 15.6 Å². The van der Waals surface area contributed by atoms with Gasteiger partial charge in [-0.05, 0) is 36.4 Å². The third-order valence-electron chi connectivity index (χ3n) is 3.47. The first-order chi connectivity index (χ1) is 11.9. The van der Waals surface area contributed by atoms with Crippen molar-refractivity contribution in [3.8, 4) is 0 Å². The van der Waals surface area contributed by atoms with Crippen LogP contribution in [-0.4, -0.2) is 37.7 Å². The fourth-order valence-electron chi connectivity index (χ4n) is 2.10. The summed E-state index contributed by atoms with van der Waals surface area (Å²) < 4.78 is 26.2. The van der Waals surface area contributed by atoms with E-state index in [9.17, 15) is 13.2 Å². The lowest BCUT2D eigenvalue weighted by molar-refractivity contribution is 0.0962. The number of rotatable bonds is 5. The topological polar surface area (TPSA) is 91.4 Å². The Balaban J connectivity index is 1.69. The van der Waals surface area contributed by atoms with E-state index in [2.05, 4.69) is 15.8 Å². The summed E-state index contributed by atoms with van der Waals surface area (Å²) in [6.07, 6.45) is 0. The number of hydrogen-bond acceptors (Lipinski definition) is 6. The molecule has 0 aliphatic rings. The average molecular weight is 376 g/mol. The Kier molecular flexibility index (Phi) is 4.71. The van der Waals surface area contributed by atoms with Crippen LogP contribution in [0.15, 0.2) is 53.4 Å². The zero-order valence-corrected chi connectivity index (χ0v) is 15.2. The largest absolute Gasteiger partial charge is 0.273 e. The molecule has 1 heterocycles. The Morgan fingerprint density at radius 2 is 1.76 bits per heavy atom. The molecule has 0 aliphatic heterocycles. The predicted octanol–water partition coefficient (Wildman–Crippen LogP) is 2.30. The van der Waals surface area contributed by atoms with Gasteiger partial charge >= 0.3 is 0 Å². The average Bonchev–Trinajstić information content (AvgIpc) is 3.02. The van der Waals surface area contributed by atoms with Crippen LogP contribution in [0.3, 0.4) is 0 Å². The van der Waals surface area contributed by atoms with Crippen LogP contribution >= 0.6 is 11.3 Å². The number of hydrogen-bond donors (Lipinski definition) is 2. The zero-order valence-electron chi connectivity index (χ0n) is 13.6. The first-order valence-corrected chi connectivity index (χ1v) is 9.58. The Labute approximate surface area is 149 Å². The van der Waals surface area contributed by atoms with Gasteiger partial charge in [0.15, 0.2) is 0 Å². The van der Waals surface area contributed by atoms with Gasteiger partial charge in [-0.25, -0.2) is 17.7 Å². The third kappa shape index (κ3) is 3.63. The van der Waals surface area contributed by atoms with E-state index in [0.29, 0.717) is 10.7 Å². The van der Waals surface area contributed by atoms with Crippen molar-refractivity contribution in [3.63, 3.8) is 0 Å². The van der Waals surface area contributed by atoms with Crippen LogP contribution in [-0.2, 0) is 10.0 Å². The fourth-order valence-corrected chi connectivity index (χ4v) is 3.82. The standard InChI is InChI=1S/C16H16N4O3S2/c1-20(2)25(22,23)12-9-7-11(8-10-12)15(21)18-19-16-17-13-5-3-4-6-14(13)24-16/h3-10H,1-2H3,(H,17,19)(H,18,21). The molecule has 7 nitrogen and oxygen atoms in total. The maximum absolute atomic E-state index is 12.2. The van der Waals surface area contributed by atoms with Crippen LogP contribution in [0.4, 0.5) is 5.13 Å². The molecule has 0 bridgehead atoms. The minimum atomic E-state index is -3.51. The molecule has 0 spiro atoms. The maximum Gasteiger partial charge on any atom is 0.269 e. The number of sulfonamides is 1. The van der Waals surface area contributed by atoms with E-state index in [1.165, 1.54) is 49.7 Å². The summed E-state index contributed by atoms with van der Waals surface area (Å²) in [5.41, 5.74) is 6.52. The molecular formula is C16H16N4O3S2. The second-order valence-corrected chi connectivity index (χ2v) is 8.56. The number of anilines is 1. The minimum Gasteiger partial charge on any atom is -0.273 e. The molecule has 2 N–H and O–H groups in total. The third-order valence-corrected chi connectivity index (χ3v) is 6.25. The summed E-state index contributed by atoms with van der Waals surface area (Å²) >= 11 is 1.42. The molecule has 1 amide bonds. The number of hydrazine groups is 1. The number of aromatic nitrogens is 1. The molecule has 0 atom stereocenters. The number of carbonyl (C=O) groups excluding carboxylic acids is 1. The van der Waals surface area contributed by atoms with Crippen LogP contribution in [0.25, 0.3) is 10.2 Å². The minimum absolute atomic E-state index is 0.133. The molecule has 2 aromatic carbocycles. The molecule has 130 valence electrons. The van der Waals surface area contributed by atoms with Crippen LogP contribution in [0.2, 0.25) is 0 Å². The number of amides is 1. The highest BCUT2D eigenvalue weighted by molar-refractivity contribution is 7.89. The molecule has 0 saturated carbocycles. The van der Waals surface area contributed by atoms with E-state index in [4.69, 9.17) is 0 Å². The molecule has 0 unspecified atom stereocenters. The summed E-state index contributed by atoms with van der Waals surface area (Å²) in [6, 6.07) is 13.4. The lowest BCUT2D eigenvalue weighted by atomic mass is 10.2. The molecular weight excluding hydrogens is 360 g/mol. The van der Waals surface area contributed by atoms with E-state index < -0.39 is 10.0 Å². The van der Waals surface area contributed by atoms with Gasteiger partial charge in [-0.2, -0.15) is 0 Å². The van der Waals surface area contributed by atoms with Crippen LogP contribution in [0.1, 0.15) is 10.4 Å². The van der Waals surface area contributed by atoms with Crippen LogP contribution in [0.5, 0.6) is 0 Å². The van der Waals surface area contributed by atoms with Crippen molar-refractivity contribution in [3.05, 3.63) is 54.1 Å². The first-order valence-electron chi connectivity index (χ1n) is 7.32. The Morgan fingerprint density at radius 1 is 1.08 bits per heavy atom. The van der Waals surface area contributed by atoms with Crippen molar-refractivity contribution in [2.75, 3.05) is 19.5 Å². The molecule has 0 saturated heterocycles. The summed E-state index contributed by atoms with van der Waals surface area (Å²) in [5, 5.41) is 0.571. The molecule has 0 aliphatic carbocycles. The number of carbonyl (C=O) groups is 1. The lowest BCUT2D eigenvalue weighted by Crippen LogP contribution is -2.29. The summed E-state index contributed by atoms with van der Waals surface area (Å²) in [7, 11) is -0.599. The quantitative estimate of drug-likeness (QED) is 0.667. The number of para-hydroxylation sites is 1. The highest BCUT2D eigenvalue weighted by Gasteiger charge is 2.17. The molecule has 3 rings (SSSR count). The second kappa shape index (κ2) is 6.79. The van der Waals surface area contributed by atoms with Gasteiger partial charge in [-0.15, -0.1) is 0 Å². The van der Waals surface area contributed by atoms with Gasteiger partial charge < -0.3 is 0 Å². The SMILES string of the molecule is CN(C)S(=O)(=O)c1ccc(C(=O)NNc2nc3ccccc3s2)cc1. The van der Waals surface area contributed by atoms with Crippen molar-refractivity contribution in [1.82, 2.24) is 14.7 Å². The molecule has 3 aromatic rings. The van der Waals surface area contributed by atoms with E-state index in [-0.39, 0.29) is 10.8 Å². The van der Waals surface area contributed by atoms with Crippen LogP contribution < -0.4 is 10.9 Å². The molecule has 0 fully saturated rings. The Hall–Kier alpha value is -2.49. The summed E-state index contributed by atoms with van der Waals surface area (Å²) in [6.45, 7) is 0. The highest BCUT2D eigenvalue weighted by atomic mass is 32.2. The van der Waals surface area contributed by atoms with E-state index in [0.717, 1.165) is 14.5 Å². The summed E-state index contributed by atoms with van der Waals surface area (Å²) in [5.74, 6) is -0.381. The van der Waals surface area contributed by atoms with Crippen molar-refractivity contribution < 1.29 is 13.2 Å². The lowest BCUT2D eigenvalue weighted by Gasteiger charge is -2.11. The Morgan fingerprint density at radius 3 is 2.40 bits per heavy atom. The van der Waals surface area contributed by atoms with E-state index in [1.807, 2.05) is 24.3 Å². The van der Waals surface area contributed by atoms with Gasteiger partial charge in [0.2, 0.25) is 15.2 Å². The van der Waals surface area contributed by atoms with Gasteiger partial charge in [0, 0.05) is 19.7 Å². The van der Waals surface area contributed by atoms with Crippen molar-refractivity contribution in [2.45, 2.75) is 4.90 Å². The number of nitrogens with one attached hydrogen (secondary N) is 2. The monoisotopic (exact) mass is 376 g/mol. The van der Waals surface area contributed by atoms with Crippen molar-refractivity contribution >= 4 is 42.6 Å². The Bertz CT molecular complexity index is 978. The van der Waals surface area contributed by atoms with E-state index >= 15 is 0 Å². The summed E-state index contributed by atoms with van der Waals surface area (Å²) in [4.78, 5) is 16.7. The smallest absolute Gasteiger partial charge is 0.269 e. The predicted molar refractivity (Wildman–Crippen MR) is 98.0 cm³/mol. The number of thiazole rings is 1. The van der Waals surface area contributed by atoms with Gasteiger partial charge in [0.05, 0.1) is 15.1 Å². The number of nitrogens with zero attached hydrogens (tertiary/aromatic N) is 2. The number of fused-ring (bicyclic) bond motifs is 1. The number of benzene rings is 2. The first kappa shape index (κ1) is 17.3. The van der Waals surface area contributed by atoms with Crippen LogP contribution in [0, 0.1) is 0 Å². The fraction of sp³-hybridized carbons (Fsp3) is 0.125. The highest BCUT2D eigenvalue weighted by Crippen LogP contribution is 2.24.